The first-order chi connectivity index (χ1) is 17.5. The molecule has 0 bridgehead atoms. The summed E-state index contributed by atoms with van der Waals surface area (Å²) in [5.41, 5.74) is -1.03. The van der Waals surface area contributed by atoms with Gasteiger partial charge in [-0.15, -0.1) is 0 Å². The van der Waals surface area contributed by atoms with Crippen LogP contribution < -0.4 is 5.43 Å². The number of nitrogens with zero attached hydrogens (tertiary/aromatic N) is 5. The van der Waals surface area contributed by atoms with Crippen LogP contribution in [0.2, 0.25) is 0 Å². The van der Waals surface area contributed by atoms with Crippen molar-refractivity contribution in [2.75, 3.05) is 0 Å². The normalized spacial score (nSPS) is 11.8. The third-order valence-corrected chi connectivity index (χ3v) is 5.51. The highest BCUT2D eigenvalue weighted by molar-refractivity contribution is 5.59. The van der Waals surface area contributed by atoms with Crippen LogP contribution in [0.15, 0.2) is 78.0 Å². The van der Waals surface area contributed by atoms with Gasteiger partial charge in [-0.1, -0.05) is 6.07 Å². The second-order valence-electron chi connectivity index (χ2n) is 8.10. The van der Waals surface area contributed by atoms with Crippen LogP contribution in [0.1, 0.15) is 11.3 Å². The number of alkyl halides is 3. The fourth-order valence-electron chi connectivity index (χ4n) is 3.79. The van der Waals surface area contributed by atoms with Crippen molar-refractivity contribution in [3.63, 3.8) is 0 Å². The zero-order chi connectivity index (χ0) is 26.5. The molecule has 0 spiro atoms. The number of benzene rings is 2. The van der Waals surface area contributed by atoms with Crippen molar-refractivity contribution < 1.29 is 26.3 Å². The van der Waals surface area contributed by atoms with Crippen LogP contribution in [0.5, 0.6) is 0 Å². The molecule has 0 fully saturated rings. The van der Waals surface area contributed by atoms with E-state index in [0.717, 1.165) is 50.6 Å². The molecule has 0 atom stereocenters. The van der Waals surface area contributed by atoms with E-state index in [2.05, 4.69) is 10.2 Å². The molecule has 12 heteroatoms. The van der Waals surface area contributed by atoms with E-state index in [4.69, 9.17) is 0 Å². The summed E-state index contributed by atoms with van der Waals surface area (Å²) in [5, 5.41) is 8.44. The Morgan fingerprint density at radius 1 is 0.811 bits per heavy atom. The summed E-state index contributed by atoms with van der Waals surface area (Å²) in [7, 11) is 0. The maximum Gasteiger partial charge on any atom is 0.416 e. The molecule has 0 radical (unpaired) electrons. The number of rotatable bonds is 4. The Morgan fingerprint density at radius 2 is 1.54 bits per heavy atom. The van der Waals surface area contributed by atoms with E-state index in [0.29, 0.717) is 5.69 Å². The zero-order valence-electron chi connectivity index (χ0n) is 18.8. The average Bonchev–Trinajstić information content (AvgIpc) is 3.40. The summed E-state index contributed by atoms with van der Waals surface area (Å²) in [6.07, 6.45) is -1.65. The molecule has 0 saturated heterocycles. The van der Waals surface area contributed by atoms with Crippen molar-refractivity contribution in [1.82, 2.24) is 24.1 Å². The monoisotopic (exact) mass is 515 g/mol. The highest BCUT2D eigenvalue weighted by Crippen LogP contribution is 2.31. The summed E-state index contributed by atoms with van der Waals surface area (Å²) in [6, 6.07) is 10.8. The lowest BCUT2D eigenvalue weighted by Gasteiger charge is -2.12. The molecule has 0 saturated carbocycles. The SMILES string of the molecule is Cc1cc(-c2nn(-c3ccc(-n4cc(F)c(F)c4)cc3F)ccc2=O)n(-c2cccc(C(F)(F)F)c2)n1. The van der Waals surface area contributed by atoms with E-state index in [1.54, 1.807) is 6.92 Å². The van der Waals surface area contributed by atoms with Gasteiger partial charge in [-0.2, -0.15) is 23.4 Å². The minimum absolute atomic E-state index is 0.0521. The van der Waals surface area contributed by atoms with Gasteiger partial charge in [-0.3, -0.25) is 4.79 Å². The molecule has 0 amide bonds. The van der Waals surface area contributed by atoms with E-state index >= 15 is 4.39 Å². The van der Waals surface area contributed by atoms with E-state index in [9.17, 15) is 26.7 Å². The molecule has 0 unspecified atom stereocenters. The van der Waals surface area contributed by atoms with Gasteiger partial charge < -0.3 is 4.57 Å². The molecule has 0 N–H and O–H groups in total. The van der Waals surface area contributed by atoms with Crippen molar-refractivity contribution in [2.45, 2.75) is 13.1 Å². The molecule has 0 aliphatic carbocycles. The van der Waals surface area contributed by atoms with E-state index in [-0.39, 0.29) is 28.5 Å². The van der Waals surface area contributed by atoms with E-state index in [1.807, 2.05) is 0 Å². The first kappa shape index (κ1) is 24.1. The Hall–Kier alpha value is -4.61. The molecule has 6 nitrogen and oxygen atoms in total. The maximum absolute atomic E-state index is 15.0. The van der Waals surface area contributed by atoms with Crippen molar-refractivity contribution in [3.8, 4) is 28.5 Å². The Bertz CT molecular complexity index is 1680. The van der Waals surface area contributed by atoms with Crippen LogP contribution in [-0.4, -0.2) is 24.1 Å². The molecule has 3 heterocycles. The molecular weight excluding hydrogens is 500 g/mol. The van der Waals surface area contributed by atoms with Crippen LogP contribution in [-0.2, 0) is 6.18 Å². The van der Waals surface area contributed by atoms with Gasteiger partial charge in [0.1, 0.15) is 5.69 Å². The summed E-state index contributed by atoms with van der Waals surface area (Å²) >= 11 is 0. The second-order valence-corrected chi connectivity index (χ2v) is 8.10. The third-order valence-electron chi connectivity index (χ3n) is 5.51. The summed E-state index contributed by atoms with van der Waals surface area (Å²) in [5.74, 6) is -3.00. The fraction of sp³-hybridized carbons (Fsp3) is 0.0800. The molecule has 0 aliphatic heterocycles. The van der Waals surface area contributed by atoms with E-state index < -0.39 is 34.6 Å². The lowest BCUT2D eigenvalue weighted by atomic mass is 10.2. The largest absolute Gasteiger partial charge is 0.416 e. The maximum atomic E-state index is 15.0. The van der Waals surface area contributed by atoms with Gasteiger partial charge in [-0.05, 0) is 43.3 Å². The Balaban J connectivity index is 1.59. The van der Waals surface area contributed by atoms with Crippen molar-refractivity contribution in [1.29, 1.82) is 0 Å². The minimum atomic E-state index is -4.59. The topological polar surface area (TPSA) is 57.6 Å². The molecule has 37 heavy (non-hydrogen) atoms. The first-order valence-electron chi connectivity index (χ1n) is 10.7. The molecule has 2 aromatic carbocycles. The molecule has 3 aromatic heterocycles. The van der Waals surface area contributed by atoms with Gasteiger partial charge in [0.05, 0.1) is 22.6 Å². The zero-order valence-corrected chi connectivity index (χ0v) is 18.8. The molecular formula is C25H15F6N5O. The van der Waals surface area contributed by atoms with Crippen LogP contribution >= 0.6 is 0 Å². The third kappa shape index (κ3) is 4.53. The Kier molecular flexibility index (Phi) is 5.73. The van der Waals surface area contributed by atoms with Crippen molar-refractivity contribution in [2.24, 2.45) is 0 Å². The van der Waals surface area contributed by atoms with Crippen LogP contribution in [0.25, 0.3) is 28.5 Å². The number of aromatic nitrogens is 5. The van der Waals surface area contributed by atoms with Crippen LogP contribution in [0.4, 0.5) is 26.3 Å². The standard InChI is InChI=1S/C25H15F6N5O/c1-14-9-22(36(32-14)17-4-2-3-15(10-17)25(29,30)31)24-23(37)7-8-35(33-24)21-6-5-16(11-18(21)26)34-12-19(27)20(28)13-34/h2-13H,1H3. The fourth-order valence-corrected chi connectivity index (χ4v) is 3.79. The summed E-state index contributed by atoms with van der Waals surface area (Å²) in [4.78, 5) is 12.7. The van der Waals surface area contributed by atoms with Gasteiger partial charge in [0.2, 0.25) is 5.43 Å². The van der Waals surface area contributed by atoms with E-state index in [1.165, 1.54) is 36.5 Å². The van der Waals surface area contributed by atoms with Crippen LogP contribution in [0, 0.1) is 24.4 Å². The van der Waals surface area contributed by atoms with Gasteiger partial charge in [0, 0.05) is 36.4 Å². The summed E-state index contributed by atoms with van der Waals surface area (Å²) < 4.78 is 84.7. The quantitative estimate of drug-likeness (QED) is 0.292. The lowest BCUT2D eigenvalue weighted by Crippen LogP contribution is -2.16. The highest BCUT2D eigenvalue weighted by Gasteiger charge is 2.31. The number of halogens is 6. The van der Waals surface area contributed by atoms with Crippen LogP contribution in [0.3, 0.4) is 0 Å². The van der Waals surface area contributed by atoms with Gasteiger partial charge in [0.25, 0.3) is 0 Å². The molecule has 5 aromatic rings. The first-order valence-corrected chi connectivity index (χ1v) is 10.7. The number of aryl methyl sites for hydroxylation is 1. The number of hydrogen-bond donors (Lipinski definition) is 0. The van der Waals surface area contributed by atoms with Crippen molar-refractivity contribution >= 4 is 0 Å². The molecule has 5 rings (SSSR count). The Labute approximate surface area is 204 Å². The number of hydrogen-bond acceptors (Lipinski definition) is 3. The predicted octanol–water partition coefficient (Wildman–Crippen LogP) is 5.62. The smallest absolute Gasteiger partial charge is 0.318 e. The predicted molar refractivity (Wildman–Crippen MR) is 121 cm³/mol. The second kappa shape index (κ2) is 8.80. The Morgan fingerprint density at radius 3 is 2.22 bits per heavy atom. The average molecular weight is 515 g/mol. The highest BCUT2D eigenvalue weighted by atomic mass is 19.4. The van der Waals surface area contributed by atoms with Gasteiger partial charge >= 0.3 is 6.18 Å². The molecule has 188 valence electrons. The molecule has 0 aliphatic rings. The van der Waals surface area contributed by atoms with Gasteiger partial charge in [0.15, 0.2) is 23.1 Å². The summed E-state index contributed by atoms with van der Waals surface area (Å²) in [6.45, 7) is 1.60. The minimum Gasteiger partial charge on any atom is -0.318 e. The van der Waals surface area contributed by atoms with Crippen molar-refractivity contribution in [3.05, 3.63) is 112 Å². The lowest BCUT2D eigenvalue weighted by molar-refractivity contribution is -0.137. The van der Waals surface area contributed by atoms with Gasteiger partial charge in [-0.25, -0.2) is 22.5 Å².